The number of carboxylic acid groups (broad SMARTS) is 1. The summed E-state index contributed by atoms with van der Waals surface area (Å²) in [6.45, 7) is 13.3. The summed E-state index contributed by atoms with van der Waals surface area (Å²) < 4.78 is 53.6. The van der Waals surface area contributed by atoms with Crippen LogP contribution in [0.1, 0.15) is 112 Å². The topological polar surface area (TPSA) is 266 Å². The number of ether oxygens (including phenoxy) is 4. The van der Waals surface area contributed by atoms with Crippen molar-refractivity contribution in [1.82, 2.24) is 30.2 Å². The number of carbonyl (C=O) groups excluding carboxylic acids is 4. The van der Waals surface area contributed by atoms with E-state index in [9.17, 15) is 37.5 Å². The van der Waals surface area contributed by atoms with Crippen molar-refractivity contribution in [2.75, 3.05) is 30.8 Å². The number of sulfonamides is 1. The number of thiazole rings is 1. The standard InChI is InChI=1S/C53H70N8O12S2/c1-8-33-29-53(33,48(65)60-75(68,69)45-22-16-15-20-38(45)54-25-17-11-9-10-12-21-39(47(63)64)58-50(66)72-34-18-13-14-19-34)59-46(62)43-27-36(30-61(43)51(67)73-52(4,5)6)71-44-28-41(42-31-74-49(57-42)55-32(2)3)56-40-26-35(70-7)23-24-37(40)44/h8,15-16,20,22-24,26,28,31-34,36,39,43,54H,1,9-14,17-19,21,25,27,29-30H2,2-7H3,(H,55,57)(H,58,66)(H,59,62)(H,60,65)(H,63,64)/t33?,36-,39+,43+,53?/m1/s1. The molecule has 2 saturated carbocycles. The fourth-order valence-electron chi connectivity index (χ4n) is 9.34. The number of fused-ring (bicyclic) bond motifs is 1. The highest BCUT2D eigenvalue weighted by Gasteiger charge is 2.61. The minimum Gasteiger partial charge on any atom is -0.497 e. The van der Waals surface area contributed by atoms with Crippen molar-refractivity contribution < 1.29 is 56.4 Å². The molecular weight excluding hydrogens is 1000 g/mol. The van der Waals surface area contributed by atoms with Crippen LogP contribution in [0.4, 0.5) is 20.4 Å². The fourth-order valence-corrected chi connectivity index (χ4v) is 11.4. The average molecular weight is 1080 g/mol. The minimum atomic E-state index is -4.50. The number of carbonyl (C=O) groups is 5. The van der Waals surface area contributed by atoms with E-state index in [2.05, 4.69) is 32.6 Å². The third-order valence-corrected chi connectivity index (χ3v) is 15.4. The van der Waals surface area contributed by atoms with Crippen LogP contribution in [0.5, 0.6) is 11.5 Å². The zero-order valence-electron chi connectivity index (χ0n) is 43.4. The van der Waals surface area contributed by atoms with E-state index in [0.717, 1.165) is 50.1 Å². The first-order chi connectivity index (χ1) is 35.7. The van der Waals surface area contributed by atoms with Gasteiger partial charge in [-0.25, -0.2) is 37.5 Å². The van der Waals surface area contributed by atoms with Crippen LogP contribution in [-0.2, 0) is 33.9 Å². The molecule has 3 aliphatic rings. The first-order valence-electron chi connectivity index (χ1n) is 25.6. The molecule has 6 N–H and O–H groups in total. The van der Waals surface area contributed by atoms with E-state index in [1.807, 2.05) is 25.3 Å². The molecule has 3 heterocycles. The molecular formula is C53H70N8O12S2. The Morgan fingerprint density at radius 1 is 0.973 bits per heavy atom. The number of hydrogen-bond acceptors (Lipinski definition) is 16. The van der Waals surface area contributed by atoms with Crippen LogP contribution in [0.2, 0.25) is 0 Å². The summed E-state index contributed by atoms with van der Waals surface area (Å²) in [5, 5.41) is 24.7. The summed E-state index contributed by atoms with van der Waals surface area (Å²) in [4.78, 5) is 77.4. The molecule has 4 amide bonds. The molecule has 2 aromatic carbocycles. The van der Waals surface area contributed by atoms with Crippen LogP contribution in [0.25, 0.3) is 22.3 Å². The number of aromatic nitrogens is 2. The maximum absolute atomic E-state index is 14.5. The second kappa shape index (κ2) is 24.3. The number of pyridine rings is 1. The largest absolute Gasteiger partial charge is 0.497 e. The number of aliphatic carboxylic acids is 1. The summed E-state index contributed by atoms with van der Waals surface area (Å²) in [7, 11) is -2.94. The number of nitrogens with zero attached hydrogens (tertiary/aromatic N) is 3. The molecule has 5 atom stereocenters. The smallest absolute Gasteiger partial charge is 0.411 e. The van der Waals surface area contributed by atoms with Crippen LogP contribution < -0.4 is 35.5 Å². The van der Waals surface area contributed by atoms with Gasteiger partial charge in [0.2, 0.25) is 5.91 Å². The van der Waals surface area contributed by atoms with Gasteiger partial charge in [-0.2, -0.15) is 0 Å². The lowest BCUT2D eigenvalue weighted by molar-refractivity contribution is -0.139. The highest BCUT2D eigenvalue weighted by atomic mass is 32.2. The zero-order chi connectivity index (χ0) is 54.1. The van der Waals surface area contributed by atoms with Crippen molar-refractivity contribution in [1.29, 1.82) is 0 Å². The van der Waals surface area contributed by atoms with Crippen LogP contribution in [0, 0.1) is 5.92 Å². The van der Waals surface area contributed by atoms with Crippen molar-refractivity contribution >= 4 is 73.1 Å². The number of benzene rings is 2. The number of likely N-dealkylation sites (tertiary alicyclic amines) is 1. The van der Waals surface area contributed by atoms with Crippen molar-refractivity contribution in [3.8, 4) is 22.9 Å². The van der Waals surface area contributed by atoms with Crippen molar-refractivity contribution in [2.45, 2.75) is 158 Å². The Hall–Kier alpha value is -6.68. The lowest BCUT2D eigenvalue weighted by Gasteiger charge is -2.29. The van der Waals surface area contributed by atoms with Gasteiger partial charge in [-0.3, -0.25) is 14.5 Å². The highest BCUT2D eigenvalue weighted by Crippen LogP contribution is 2.46. The van der Waals surface area contributed by atoms with Crippen LogP contribution >= 0.6 is 11.3 Å². The number of unbranched alkanes of at least 4 members (excludes halogenated alkanes) is 4. The normalized spacial score (nSPS) is 20.0. The third-order valence-electron chi connectivity index (χ3n) is 13.3. The molecule has 4 aromatic rings. The maximum Gasteiger partial charge on any atom is 0.411 e. The molecule has 3 fully saturated rings. The first-order valence-corrected chi connectivity index (χ1v) is 28.0. The van der Waals surface area contributed by atoms with Gasteiger partial charge >= 0.3 is 18.2 Å². The molecule has 406 valence electrons. The predicted molar refractivity (Wildman–Crippen MR) is 284 cm³/mol. The van der Waals surface area contributed by atoms with Gasteiger partial charge in [-0.05, 0) is 104 Å². The minimum absolute atomic E-state index is 0.00563. The van der Waals surface area contributed by atoms with Gasteiger partial charge in [0, 0.05) is 47.8 Å². The van der Waals surface area contributed by atoms with E-state index in [-0.39, 0.29) is 48.5 Å². The molecule has 1 saturated heterocycles. The van der Waals surface area contributed by atoms with Crippen molar-refractivity contribution in [3.63, 3.8) is 0 Å². The fraction of sp³-hybridized carbons (Fsp3) is 0.528. The van der Waals surface area contributed by atoms with Crippen LogP contribution in [-0.4, -0.2) is 120 Å². The van der Waals surface area contributed by atoms with Crippen molar-refractivity contribution in [2.24, 2.45) is 5.92 Å². The number of para-hydroxylation sites is 1. The Balaban J connectivity index is 0.986. The van der Waals surface area contributed by atoms with E-state index in [0.29, 0.717) is 53.2 Å². The van der Waals surface area contributed by atoms with Gasteiger partial charge in [0.1, 0.15) is 57.5 Å². The van der Waals surface area contributed by atoms with Crippen LogP contribution in [0.15, 0.2) is 71.5 Å². The van der Waals surface area contributed by atoms with Gasteiger partial charge < -0.3 is 45.3 Å². The van der Waals surface area contributed by atoms with Gasteiger partial charge in [0.05, 0.1) is 30.6 Å². The second-order valence-electron chi connectivity index (χ2n) is 20.6. The second-order valence-corrected chi connectivity index (χ2v) is 23.1. The highest BCUT2D eigenvalue weighted by molar-refractivity contribution is 7.90. The number of hydrogen-bond donors (Lipinski definition) is 6. The van der Waals surface area contributed by atoms with Crippen LogP contribution in [0.3, 0.4) is 0 Å². The Kier molecular flexibility index (Phi) is 18.2. The quantitative estimate of drug-likeness (QED) is 0.0284. The number of methoxy groups -OCH3 is 1. The van der Waals surface area contributed by atoms with E-state index in [4.69, 9.17) is 28.9 Å². The summed E-state index contributed by atoms with van der Waals surface area (Å²) in [5.74, 6) is -2.41. The molecule has 7 rings (SSSR count). The summed E-state index contributed by atoms with van der Waals surface area (Å²) in [6, 6.07) is 11.2. The molecule has 0 bridgehead atoms. The number of nitrogens with one attached hydrogen (secondary N) is 5. The monoisotopic (exact) mass is 1070 g/mol. The molecule has 22 heteroatoms. The Morgan fingerprint density at radius 3 is 2.40 bits per heavy atom. The molecule has 2 aliphatic carbocycles. The lowest BCUT2D eigenvalue weighted by atomic mass is 10.1. The average Bonchev–Trinajstić information content (AvgIpc) is 3.76. The van der Waals surface area contributed by atoms with Crippen molar-refractivity contribution in [3.05, 3.63) is 66.6 Å². The number of anilines is 2. The maximum atomic E-state index is 14.5. The Labute approximate surface area is 442 Å². The molecule has 0 spiro atoms. The SMILES string of the molecule is C=CC1CC1(NC(=O)[C@@H]1C[C@@H](Oc2cc(-c3csc(NC(C)C)n3)nc3cc(OC)ccc23)CN1C(=O)OC(C)(C)C)C(=O)NS(=O)(=O)c1ccccc1NCCCCCCC[C@H](NC(=O)OC1CCCC1)C(=O)O. The Morgan fingerprint density at radius 2 is 1.71 bits per heavy atom. The van der Waals surface area contributed by atoms with Gasteiger partial charge in [0.25, 0.3) is 15.9 Å². The first kappa shape index (κ1) is 56.1. The van der Waals surface area contributed by atoms with Gasteiger partial charge in [0.15, 0.2) is 5.13 Å². The Bertz CT molecular complexity index is 2830. The third kappa shape index (κ3) is 14.6. The predicted octanol–water partition coefficient (Wildman–Crippen LogP) is 8.38. The molecule has 1 aliphatic heterocycles. The van der Waals surface area contributed by atoms with Gasteiger partial charge in [-0.15, -0.1) is 17.9 Å². The summed E-state index contributed by atoms with van der Waals surface area (Å²) in [6.07, 6.45) is 6.47. The number of rotatable bonds is 24. The molecule has 20 nitrogen and oxygen atoms in total. The number of carboxylic acids is 1. The molecule has 75 heavy (non-hydrogen) atoms. The summed E-state index contributed by atoms with van der Waals surface area (Å²) in [5.41, 5.74) is -0.637. The summed E-state index contributed by atoms with van der Waals surface area (Å²) >= 11 is 1.44. The van der Waals surface area contributed by atoms with E-state index in [1.54, 1.807) is 58.2 Å². The molecule has 2 aromatic heterocycles. The number of alkyl carbamates (subject to hydrolysis) is 1. The molecule has 0 radical (unpaired) electrons. The molecule has 2 unspecified atom stereocenters. The number of amides is 4. The lowest BCUT2D eigenvalue weighted by Crippen LogP contribution is -2.56. The van der Waals surface area contributed by atoms with E-state index >= 15 is 0 Å². The van der Waals surface area contributed by atoms with Gasteiger partial charge in [-0.1, -0.05) is 43.9 Å². The van der Waals surface area contributed by atoms with E-state index in [1.165, 1.54) is 34.4 Å². The zero-order valence-corrected chi connectivity index (χ0v) is 45.1. The van der Waals surface area contributed by atoms with E-state index < -0.39 is 75.2 Å².